The van der Waals surface area contributed by atoms with Gasteiger partial charge in [0.25, 0.3) is 0 Å². The molecule has 3 heterocycles. The first-order chi connectivity index (χ1) is 18.0. The Bertz CT molecular complexity index is 1270. The van der Waals surface area contributed by atoms with Gasteiger partial charge in [-0.05, 0) is 61.2 Å². The minimum Gasteiger partial charge on any atom is -0.365 e. The molecule has 0 aliphatic carbocycles. The molecule has 38 heavy (non-hydrogen) atoms. The number of likely N-dealkylation sites (N-methyl/N-ethyl adjacent to an activating group) is 2. The number of rotatable bonds is 5. The minimum atomic E-state index is -4.37. The van der Waals surface area contributed by atoms with Crippen LogP contribution in [0.4, 0.5) is 24.5 Å². The fraction of sp³-hybridized carbons (Fsp3) is 0.379. The van der Waals surface area contributed by atoms with E-state index < -0.39 is 11.7 Å². The maximum absolute atomic E-state index is 13.0. The summed E-state index contributed by atoms with van der Waals surface area (Å²) in [5.41, 5.74) is 4.29. The largest absolute Gasteiger partial charge is 0.416 e. The number of hydrogen-bond donors (Lipinski definition) is 0. The molecular weight excluding hydrogens is 511 g/mol. The zero-order valence-electron chi connectivity index (χ0n) is 22.4. The average molecular weight is 544 g/mol. The normalized spacial score (nSPS) is 17.3. The van der Waals surface area contributed by atoms with Crippen LogP contribution in [0.3, 0.4) is 0 Å². The minimum absolute atomic E-state index is 0.261. The Morgan fingerprint density at radius 1 is 1.18 bits per heavy atom. The van der Waals surface area contributed by atoms with E-state index in [4.69, 9.17) is 11.6 Å². The van der Waals surface area contributed by atoms with Crippen molar-refractivity contribution in [2.24, 2.45) is 5.92 Å². The topological polar surface area (TPSA) is 46.4 Å². The van der Waals surface area contributed by atoms with E-state index in [1.807, 2.05) is 49.9 Å². The van der Waals surface area contributed by atoms with E-state index in [1.54, 1.807) is 6.07 Å². The smallest absolute Gasteiger partial charge is 0.365 e. The van der Waals surface area contributed by atoms with Crippen molar-refractivity contribution >= 4 is 28.7 Å². The summed E-state index contributed by atoms with van der Waals surface area (Å²) >= 11 is 6.24. The van der Waals surface area contributed by atoms with Crippen LogP contribution in [-0.4, -0.2) is 36.6 Å². The van der Waals surface area contributed by atoms with Gasteiger partial charge in [-0.3, -0.25) is 0 Å². The number of halogens is 4. The number of nitriles is 1. The lowest BCUT2D eigenvalue weighted by Crippen LogP contribution is -2.35. The Hall–Kier alpha value is -3.44. The van der Waals surface area contributed by atoms with E-state index >= 15 is 0 Å². The second-order valence-corrected chi connectivity index (χ2v) is 9.38. The molecule has 0 N–H and O–H groups in total. The lowest BCUT2D eigenvalue weighted by atomic mass is 9.93. The molecule has 0 saturated carbocycles. The summed E-state index contributed by atoms with van der Waals surface area (Å²) in [4.78, 5) is 10.5. The van der Waals surface area contributed by atoms with Crippen molar-refractivity contribution in [3.05, 3.63) is 82.4 Å². The van der Waals surface area contributed by atoms with Gasteiger partial charge in [0.05, 0.1) is 22.6 Å². The molecule has 202 valence electrons. The van der Waals surface area contributed by atoms with Crippen LogP contribution in [0, 0.1) is 17.2 Å². The molecule has 0 amide bonds. The molecule has 1 aromatic heterocycles. The quantitative estimate of drug-likeness (QED) is 0.361. The molecule has 0 bridgehead atoms. The number of alkyl halides is 3. The Labute approximate surface area is 228 Å². The van der Waals surface area contributed by atoms with Crippen molar-refractivity contribution in [2.45, 2.75) is 40.3 Å². The van der Waals surface area contributed by atoms with Crippen LogP contribution < -0.4 is 9.80 Å². The molecule has 9 heteroatoms. The van der Waals surface area contributed by atoms with Gasteiger partial charge in [0.2, 0.25) is 0 Å². The standard InChI is InChI=1S/C27H27ClF3N5.C2H6/c1-5-35(26-22(14-32)18(3)34(4)23-10-11-24(28)33-25(23)26)15-19-16-36(13-12-17(19)2)21-8-6-20(7-9-21)27(29,30)31;1-2/h6-11,16-17H,3,5,12-13,15H2,1-2,4H3;1-2H3. The monoisotopic (exact) mass is 543 g/mol. The number of benzene rings is 1. The molecule has 0 saturated heterocycles. The lowest BCUT2D eigenvalue weighted by Gasteiger charge is -2.38. The third kappa shape index (κ3) is 5.83. The zero-order valence-corrected chi connectivity index (χ0v) is 23.2. The Morgan fingerprint density at radius 3 is 2.42 bits per heavy atom. The Morgan fingerprint density at radius 2 is 1.84 bits per heavy atom. The predicted octanol–water partition coefficient (Wildman–Crippen LogP) is 7.73. The van der Waals surface area contributed by atoms with Gasteiger partial charge in [0.1, 0.15) is 22.5 Å². The fourth-order valence-electron chi connectivity index (χ4n) is 4.59. The van der Waals surface area contributed by atoms with Gasteiger partial charge in [-0.25, -0.2) is 4.98 Å². The van der Waals surface area contributed by atoms with Crippen LogP contribution in [0.2, 0.25) is 5.15 Å². The van der Waals surface area contributed by atoms with E-state index in [0.717, 1.165) is 29.8 Å². The van der Waals surface area contributed by atoms with E-state index in [0.29, 0.717) is 53.1 Å². The molecule has 2 aromatic rings. The van der Waals surface area contributed by atoms with Crippen LogP contribution in [0.1, 0.15) is 45.4 Å². The lowest BCUT2D eigenvalue weighted by molar-refractivity contribution is -0.137. The van der Waals surface area contributed by atoms with Gasteiger partial charge in [-0.2, -0.15) is 18.4 Å². The molecule has 4 rings (SSSR count). The third-order valence-corrected chi connectivity index (χ3v) is 7.03. The first-order valence-electron chi connectivity index (χ1n) is 12.7. The summed E-state index contributed by atoms with van der Waals surface area (Å²) in [6.07, 6.45) is -1.50. The van der Waals surface area contributed by atoms with Crippen LogP contribution in [0.25, 0.3) is 5.70 Å². The molecule has 1 unspecified atom stereocenters. The highest BCUT2D eigenvalue weighted by Gasteiger charge is 2.32. The number of nitrogens with zero attached hydrogens (tertiary/aromatic N) is 5. The summed E-state index contributed by atoms with van der Waals surface area (Å²) in [6.45, 7) is 14.1. The van der Waals surface area contributed by atoms with Gasteiger partial charge in [-0.1, -0.05) is 39.0 Å². The van der Waals surface area contributed by atoms with Gasteiger partial charge < -0.3 is 14.7 Å². The van der Waals surface area contributed by atoms with Gasteiger partial charge in [-0.15, -0.1) is 0 Å². The van der Waals surface area contributed by atoms with E-state index in [1.165, 1.54) is 12.1 Å². The van der Waals surface area contributed by atoms with Gasteiger partial charge >= 0.3 is 6.18 Å². The maximum atomic E-state index is 13.0. The molecule has 0 fully saturated rings. The second kappa shape index (κ2) is 12.0. The molecule has 1 aromatic carbocycles. The number of allylic oxidation sites excluding steroid dienone is 1. The first-order valence-corrected chi connectivity index (χ1v) is 13.1. The summed E-state index contributed by atoms with van der Waals surface area (Å²) in [7, 11) is 1.84. The highest BCUT2D eigenvalue weighted by atomic mass is 35.5. The molecule has 0 radical (unpaired) electrons. The van der Waals surface area contributed by atoms with Crippen molar-refractivity contribution in [3.63, 3.8) is 0 Å². The van der Waals surface area contributed by atoms with Crippen molar-refractivity contribution < 1.29 is 13.2 Å². The maximum Gasteiger partial charge on any atom is 0.416 e. The fourth-order valence-corrected chi connectivity index (χ4v) is 4.74. The highest BCUT2D eigenvalue weighted by Crippen LogP contribution is 2.41. The molecule has 1 atom stereocenters. The molecular formula is C29H33ClF3N5. The van der Waals surface area contributed by atoms with E-state index in [9.17, 15) is 18.4 Å². The van der Waals surface area contributed by atoms with E-state index in [-0.39, 0.29) is 5.92 Å². The Balaban J connectivity index is 0.00000195. The van der Waals surface area contributed by atoms with Crippen LogP contribution in [0.5, 0.6) is 0 Å². The summed E-state index contributed by atoms with van der Waals surface area (Å²) in [5, 5.41) is 10.4. The average Bonchev–Trinajstić information content (AvgIpc) is 2.91. The number of hydrogen-bond acceptors (Lipinski definition) is 5. The molecule has 2 aliphatic heterocycles. The third-order valence-electron chi connectivity index (χ3n) is 6.82. The number of fused-ring (bicyclic) bond motifs is 1. The van der Waals surface area contributed by atoms with Crippen molar-refractivity contribution in [1.82, 2.24) is 9.88 Å². The van der Waals surface area contributed by atoms with E-state index in [2.05, 4.69) is 29.5 Å². The van der Waals surface area contributed by atoms with Gasteiger partial charge in [0, 0.05) is 38.6 Å². The SMILES string of the molecule is C=C1C(C#N)=C(N(CC)CC2=CN(c3ccc(C(F)(F)F)cc3)CCC2C)c2nc(Cl)ccc2N1C.CC. The first kappa shape index (κ1) is 29.1. The molecule has 2 aliphatic rings. The van der Waals surface area contributed by atoms with Crippen LogP contribution in [-0.2, 0) is 6.18 Å². The number of pyridine rings is 1. The highest BCUT2D eigenvalue weighted by molar-refractivity contribution is 6.29. The number of aromatic nitrogens is 1. The zero-order chi connectivity index (χ0) is 28.2. The van der Waals surface area contributed by atoms with Crippen molar-refractivity contribution in [1.29, 1.82) is 5.26 Å². The number of anilines is 2. The van der Waals surface area contributed by atoms with Crippen molar-refractivity contribution in [3.8, 4) is 6.07 Å². The summed E-state index contributed by atoms with van der Waals surface area (Å²) < 4.78 is 39.0. The summed E-state index contributed by atoms with van der Waals surface area (Å²) in [5.74, 6) is 0.261. The van der Waals surface area contributed by atoms with Gasteiger partial charge in [0.15, 0.2) is 0 Å². The van der Waals surface area contributed by atoms with Crippen LogP contribution >= 0.6 is 11.6 Å². The molecule has 5 nitrogen and oxygen atoms in total. The second-order valence-electron chi connectivity index (χ2n) is 8.99. The van der Waals surface area contributed by atoms with Crippen LogP contribution in [0.15, 0.2) is 66.0 Å². The summed E-state index contributed by atoms with van der Waals surface area (Å²) in [6, 6.07) is 11.1. The predicted molar refractivity (Wildman–Crippen MR) is 149 cm³/mol. The van der Waals surface area contributed by atoms with Crippen molar-refractivity contribution in [2.75, 3.05) is 36.5 Å². The Kier molecular flexibility index (Phi) is 9.16. The molecule has 0 spiro atoms.